The Morgan fingerprint density at radius 1 is 1.35 bits per heavy atom. The molecule has 0 aliphatic heterocycles. The molecule has 0 spiro atoms. The van der Waals surface area contributed by atoms with Crippen molar-refractivity contribution in [3.8, 4) is 23.8 Å². The molecule has 0 saturated heterocycles. The number of hydrogen-bond donors (Lipinski definition) is 1. The highest BCUT2D eigenvalue weighted by Crippen LogP contribution is 2.36. The topological polar surface area (TPSA) is 30.5 Å². The minimum atomic E-state index is 0. The molecule has 0 amide bonds. The zero-order chi connectivity index (χ0) is 14.5. The molecule has 1 aromatic rings. The first-order chi connectivity index (χ1) is 8.87. The molecule has 1 rings (SSSR count). The van der Waals surface area contributed by atoms with Gasteiger partial charge in [0.25, 0.3) is 0 Å². The van der Waals surface area contributed by atoms with Gasteiger partial charge in [0.2, 0.25) is 0 Å². The van der Waals surface area contributed by atoms with Crippen molar-refractivity contribution < 1.29 is 9.47 Å². The number of rotatable bonds is 5. The first-order valence-corrected chi connectivity index (χ1v) is 6.43. The Labute approximate surface area is 132 Å². The lowest BCUT2D eigenvalue weighted by Gasteiger charge is -2.21. The normalized spacial score (nSPS) is 10.4. The highest BCUT2D eigenvalue weighted by molar-refractivity contribution is 6.32. The van der Waals surface area contributed by atoms with E-state index in [-0.39, 0.29) is 24.6 Å². The van der Waals surface area contributed by atoms with Gasteiger partial charge in [0, 0.05) is 12.1 Å². The van der Waals surface area contributed by atoms with Crippen molar-refractivity contribution in [3.63, 3.8) is 0 Å². The summed E-state index contributed by atoms with van der Waals surface area (Å²) in [5, 5.41) is 3.89. The molecule has 0 atom stereocenters. The van der Waals surface area contributed by atoms with E-state index in [0.29, 0.717) is 23.1 Å². The van der Waals surface area contributed by atoms with E-state index in [4.69, 9.17) is 27.5 Å². The molecule has 0 bridgehead atoms. The van der Waals surface area contributed by atoms with Crippen LogP contribution in [0.3, 0.4) is 0 Å². The first kappa shape index (κ1) is 18.9. The maximum absolute atomic E-state index is 6.20. The Morgan fingerprint density at radius 2 is 2.00 bits per heavy atom. The number of halogens is 2. The van der Waals surface area contributed by atoms with Crippen LogP contribution in [0.1, 0.15) is 26.3 Å². The SMILES string of the molecule is C#CCOc1c(Cl)cc(CNC(C)(C)C)cc1OC.Cl. The van der Waals surface area contributed by atoms with Gasteiger partial charge in [-0.3, -0.25) is 0 Å². The van der Waals surface area contributed by atoms with Crippen LogP contribution in [0, 0.1) is 12.3 Å². The van der Waals surface area contributed by atoms with Crippen molar-refractivity contribution in [2.45, 2.75) is 32.9 Å². The molecular formula is C15H21Cl2NO2. The molecule has 5 heteroatoms. The van der Waals surface area contributed by atoms with Gasteiger partial charge < -0.3 is 14.8 Å². The lowest BCUT2D eigenvalue weighted by atomic mass is 10.1. The molecule has 0 aliphatic rings. The van der Waals surface area contributed by atoms with Crippen LogP contribution in [0.2, 0.25) is 5.02 Å². The van der Waals surface area contributed by atoms with Gasteiger partial charge in [0.1, 0.15) is 6.61 Å². The van der Waals surface area contributed by atoms with E-state index in [0.717, 1.165) is 5.56 Å². The second kappa shape index (κ2) is 8.26. The van der Waals surface area contributed by atoms with Gasteiger partial charge >= 0.3 is 0 Å². The predicted octanol–water partition coefficient (Wildman–Crippen LogP) is 3.67. The van der Waals surface area contributed by atoms with E-state index in [1.807, 2.05) is 12.1 Å². The Balaban J connectivity index is 0.00000361. The number of nitrogens with one attached hydrogen (secondary N) is 1. The minimum absolute atomic E-state index is 0. The molecule has 20 heavy (non-hydrogen) atoms. The van der Waals surface area contributed by atoms with Crippen molar-refractivity contribution in [1.29, 1.82) is 0 Å². The van der Waals surface area contributed by atoms with Crippen LogP contribution < -0.4 is 14.8 Å². The maximum atomic E-state index is 6.20. The molecule has 0 unspecified atom stereocenters. The summed E-state index contributed by atoms with van der Waals surface area (Å²) in [6.45, 7) is 7.19. The second-order valence-corrected chi connectivity index (χ2v) is 5.61. The van der Waals surface area contributed by atoms with Crippen molar-refractivity contribution in [2.24, 2.45) is 0 Å². The van der Waals surface area contributed by atoms with Crippen LogP contribution >= 0.6 is 24.0 Å². The zero-order valence-corrected chi connectivity index (χ0v) is 13.8. The fraction of sp³-hybridized carbons (Fsp3) is 0.467. The Bertz CT molecular complexity index is 476. The summed E-state index contributed by atoms with van der Waals surface area (Å²) in [5.74, 6) is 3.48. The average Bonchev–Trinajstić information content (AvgIpc) is 2.33. The van der Waals surface area contributed by atoms with E-state index in [1.165, 1.54) is 0 Å². The van der Waals surface area contributed by atoms with Gasteiger partial charge in [-0.1, -0.05) is 17.5 Å². The Kier molecular flexibility index (Phi) is 7.82. The minimum Gasteiger partial charge on any atom is -0.493 e. The third kappa shape index (κ3) is 5.92. The largest absolute Gasteiger partial charge is 0.493 e. The summed E-state index contributed by atoms with van der Waals surface area (Å²) in [6, 6.07) is 3.76. The molecule has 0 radical (unpaired) electrons. The molecule has 1 N–H and O–H groups in total. The third-order valence-corrected chi connectivity index (χ3v) is 2.69. The number of terminal acetylenes is 1. The quantitative estimate of drug-likeness (QED) is 0.840. The first-order valence-electron chi connectivity index (χ1n) is 6.05. The molecule has 0 heterocycles. The van der Waals surface area contributed by atoms with Crippen LogP contribution in [0.5, 0.6) is 11.5 Å². The highest BCUT2D eigenvalue weighted by Gasteiger charge is 2.14. The van der Waals surface area contributed by atoms with E-state index in [9.17, 15) is 0 Å². The van der Waals surface area contributed by atoms with E-state index < -0.39 is 0 Å². The van der Waals surface area contributed by atoms with Gasteiger partial charge in [-0.15, -0.1) is 18.8 Å². The highest BCUT2D eigenvalue weighted by atomic mass is 35.5. The number of ether oxygens (including phenoxy) is 2. The number of methoxy groups -OCH3 is 1. The van der Waals surface area contributed by atoms with Gasteiger partial charge in [0.05, 0.1) is 12.1 Å². The molecule has 0 saturated carbocycles. The molecular weight excluding hydrogens is 297 g/mol. The summed E-state index contributed by atoms with van der Waals surface area (Å²) >= 11 is 6.20. The summed E-state index contributed by atoms with van der Waals surface area (Å²) < 4.78 is 10.7. The number of benzene rings is 1. The van der Waals surface area contributed by atoms with Crippen molar-refractivity contribution >= 4 is 24.0 Å². The van der Waals surface area contributed by atoms with Crippen molar-refractivity contribution in [3.05, 3.63) is 22.7 Å². The van der Waals surface area contributed by atoms with Crippen LogP contribution in [0.4, 0.5) is 0 Å². The summed E-state index contributed by atoms with van der Waals surface area (Å²) in [5.41, 5.74) is 1.07. The van der Waals surface area contributed by atoms with E-state index >= 15 is 0 Å². The van der Waals surface area contributed by atoms with Crippen LogP contribution in [0.25, 0.3) is 0 Å². The van der Waals surface area contributed by atoms with Gasteiger partial charge in [-0.05, 0) is 38.5 Å². The van der Waals surface area contributed by atoms with Gasteiger partial charge in [-0.25, -0.2) is 0 Å². The molecule has 112 valence electrons. The fourth-order valence-corrected chi connectivity index (χ4v) is 1.78. The molecule has 0 fully saturated rings. The molecule has 0 aromatic heterocycles. The lowest BCUT2D eigenvalue weighted by Crippen LogP contribution is -2.35. The predicted molar refractivity (Wildman–Crippen MR) is 86.2 cm³/mol. The van der Waals surface area contributed by atoms with Crippen LogP contribution in [0.15, 0.2) is 12.1 Å². The monoisotopic (exact) mass is 317 g/mol. The van der Waals surface area contributed by atoms with Crippen molar-refractivity contribution in [2.75, 3.05) is 13.7 Å². The summed E-state index contributed by atoms with van der Waals surface area (Å²) in [4.78, 5) is 0. The molecule has 1 aromatic carbocycles. The smallest absolute Gasteiger partial charge is 0.181 e. The Hall–Kier alpha value is -1.08. The average molecular weight is 318 g/mol. The fourth-order valence-electron chi connectivity index (χ4n) is 1.50. The summed E-state index contributed by atoms with van der Waals surface area (Å²) in [6.07, 6.45) is 5.17. The maximum Gasteiger partial charge on any atom is 0.181 e. The zero-order valence-electron chi connectivity index (χ0n) is 12.2. The van der Waals surface area contributed by atoms with E-state index in [2.05, 4.69) is 32.0 Å². The third-order valence-electron chi connectivity index (χ3n) is 2.41. The van der Waals surface area contributed by atoms with Gasteiger partial charge in [-0.2, -0.15) is 0 Å². The number of hydrogen-bond acceptors (Lipinski definition) is 3. The standard InChI is InChI=1S/C15H20ClNO2.ClH/c1-6-7-19-14-12(16)8-11(9-13(14)18-5)10-17-15(2,3)4;/h1,8-9,17H,7,10H2,2-5H3;1H. The second-order valence-electron chi connectivity index (χ2n) is 5.21. The molecule has 3 nitrogen and oxygen atoms in total. The van der Waals surface area contributed by atoms with E-state index in [1.54, 1.807) is 7.11 Å². The Morgan fingerprint density at radius 3 is 2.50 bits per heavy atom. The molecule has 0 aliphatic carbocycles. The van der Waals surface area contributed by atoms with Crippen molar-refractivity contribution in [1.82, 2.24) is 5.32 Å². The van der Waals surface area contributed by atoms with Gasteiger partial charge in [0.15, 0.2) is 11.5 Å². The van der Waals surface area contributed by atoms with Crippen LogP contribution in [-0.2, 0) is 6.54 Å². The van der Waals surface area contributed by atoms with Crippen LogP contribution in [-0.4, -0.2) is 19.3 Å². The lowest BCUT2D eigenvalue weighted by molar-refractivity contribution is 0.330. The summed E-state index contributed by atoms with van der Waals surface area (Å²) in [7, 11) is 1.58.